The van der Waals surface area contributed by atoms with E-state index in [9.17, 15) is 0 Å². The molecule has 0 atom stereocenters. The molecule has 0 radical (unpaired) electrons. The monoisotopic (exact) mass is 414 g/mol. The molecule has 1 aliphatic heterocycles. The van der Waals surface area contributed by atoms with E-state index in [0.29, 0.717) is 5.92 Å². The number of hydrogen-bond acceptors (Lipinski definition) is 3. The largest absolute Gasteiger partial charge is 0.307 e. The molecule has 0 amide bonds. The van der Waals surface area contributed by atoms with Crippen LogP contribution in [0.5, 0.6) is 0 Å². The lowest BCUT2D eigenvalue weighted by atomic mass is 9.76. The van der Waals surface area contributed by atoms with Gasteiger partial charge >= 0.3 is 0 Å². The third-order valence-electron chi connectivity index (χ3n) is 6.14. The van der Waals surface area contributed by atoms with Crippen molar-refractivity contribution < 1.29 is 0 Å². The van der Waals surface area contributed by atoms with Gasteiger partial charge in [-0.1, -0.05) is 18.7 Å². The summed E-state index contributed by atoms with van der Waals surface area (Å²) < 4.78 is 1.87. The normalized spacial score (nSPS) is 18.6. The molecular formula is C27H34N4. The van der Waals surface area contributed by atoms with Crippen LogP contribution in [0, 0.1) is 12.8 Å². The molecule has 4 nitrogen and oxygen atoms in total. The summed E-state index contributed by atoms with van der Waals surface area (Å²) in [6.07, 6.45) is 8.30. The molecule has 31 heavy (non-hydrogen) atoms. The number of nitrogens with one attached hydrogen (secondary N) is 1. The molecule has 0 bridgehead atoms. The number of aliphatic imine (C=N–C) groups is 1. The molecule has 4 heteroatoms. The smallest absolute Gasteiger partial charge is 0.0952 e. The number of hydrogen-bond donors (Lipinski definition) is 1. The predicted octanol–water partition coefficient (Wildman–Crippen LogP) is 6.45. The van der Waals surface area contributed by atoms with Crippen molar-refractivity contribution in [3.8, 4) is 11.1 Å². The number of piperidine rings is 1. The Labute approximate surface area is 186 Å². The van der Waals surface area contributed by atoms with Crippen molar-refractivity contribution in [3.05, 3.63) is 54.2 Å². The molecule has 1 aliphatic rings. The van der Waals surface area contributed by atoms with Crippen LogP contribution in [-0.2, 0) is 7.05 Å². The van der Waals surface area contributed by atoms with Gasteiger partial charge in [0.05, 0.1) is 11.2 Å². The molecule has 1 aromatic heterocycles. The first-order chi connectivity index (χ1) is 14.5. The Morgan fingerprint density at radius 2 is 1.81 bits per heavy atom. The molecule has 3 aromatic rings. The lowest BCUT2D eigenvalue weighted by Crippen LogP contribution is -2.58. The number of aromatic nitrogens is 2. The second-order valence-corrected chi connectivity index (χ2v) is 10.4. The van der Waals surface area contributed by atoms with E-state index in [1.54, 1.807) is 0 Å². The summed E-state index contributed by atoms with van der Waals surface area (Å²) >= 11 is 0. The Balaban J connectivity index is 1.63. The standard InChI is InChI=1S/C27H34N4/c1-8-20-12-21(22-11-18(2)25-23(13-22)17-31(7)29-25)9-10-24(20)28-16-19-14-26(3,4)30-27(5,6)15-19/h8-13,16-17,19,30H,1,14-15H2,2-7H3. The van der Waals surface area contributed by atoms with E-state index in [0.717, 1.165) is 35.0 Å². The van der Waals surface area contributed by atoms with Crippen LogP contribution in [0.2, 0.25) is 0 Å². The quantitative estimate of drug-likeness (QED) is 0.498. The highest BCUT2D eigenvalue weighted by molar-refractivity contribution is 5.88. The topological polar surface area (TPSA) is 42.2 Å². The minimum absolute atomic E-state index is 0.117. The Morgan fingerprint density at radius 3 is 2.48 bits per heavy atom. The van der Waals surface area contributed by atoms with E-state index in [4.69, 9.17) is 4.99 Å². The molecule has 0 spiro atoms. The zero-order chi connectivity index (χ0) is 22.4. The summed E-state index contributed by atoms with van der Waals surface area (Å²) in [5, 5.41) is 9.47. The van der Waals surface area contributed by atoms with Gasteiger partial charge in [0.2, 0.25) is 0 Å². The predicted molar refractivity (Wildman–Crippen MR) is 133 cm³/mol. The summed E-state index contributed by atoms with van der Waals surface area (Å²) in [7, 11) is 1.96. The van der Waals surface area contributed by atoms with Crippen molar-refractivity contribution in [2.45, 2.75) is 58.5 Å². The zero-order valence-electron chi connectivity index (χ0n) is 19.7. The van der Waals surface area contributed by atoms with Crippen LogP contribution in [-0.4, -0.2) is 27.1 Å². The highest BCUT2D eigenvalue weighted by Gasteiger charge is 2.36. The van der Waals surface area contributed by atoms with Gasteiger partial charge in [0.25, 0.3) is 0 Å². The lowest BCUT2D eigenvalue weighted by Gasteiger charge is -2.45. The van der Waals surface area contributed by atoms with E-state index in [2.05, 4.69) is 94.4 Å². The van der Waals surface area contributed by atoms with Gasteiger partial charge in [0.1, 0.15) is 0 Å². The summed E-state index contributed by atoms with van der Waals surface area (Å²) in [5.74, 6) is 0.458. The highest BCUT2D eigenvalue weighted by Crippen LogP contribution is 2.34. The molecule has 2 heterocycles. The SMILES string of the molecule is C=Cc1cc(-c2cc(C)c3nn(C)cc3c2)ccc1N=CC1CC(C)(C)NC(C)(C)C1. The van der Waals surface area contributed by atoms with Crippen molar-refractivity contribution in [3.63, 3.8) is 0 Å². The van der Waals surface area contributed by atoms with Crippen molar-refractivity contribution in [2.24, 2.45) is 18.0 Å². The second kappa shape index (κ2) is 7.76. The average Bonchev–Trinajstić information content (AvgIpc) is 3.04. The fourth-order valence-corrected chi connectivity index (χ4v) is 5.30. The molecule has 4 rings (SSSR count). The maximum Gasteiger partial charge on any atom is 0.0952 e. The van der Waals surface area contributed by atoms with Crippen molar-refractivity contribution in [1.82, 2.24) is 15.1 Å². The zero-order valence-corrected chi connectivity index (χ0v) is 19.7. The fourth-order valence-electron chi connectivity index (χ4n) is 5.30. The van der Waals surface area contributed by atoms with Gasteiger partial charge < -0.3 is 5.32 Å². The number of benzene rings is 2. The van der Waals surface area contributed by atoms with Crippen LogP contribution >= 0.6 is 0 Å². The highest BCUT2D eigenvalue weighted by atomic mass is 15.2. The number of rotatable bonds is 4. The maximum absolute atomic E-state index is 4.90. The minimum Gasteiger partial charge on any atom is -0.307 e. The van der Waals surface area contributed by atoms with Crippen LogP contribution in [0.25, 0.3) is 28.1 Å². The van der Waals surface area contributed by atoms with Crippen molar-refractivity contribution in [1.29, 1.82) is 0 Å². The van der Waals surface area contributed by atoms with Crippen LogP contribution in [0.4, 0.5) is 5.69 Å². The molecule has 1 fully saturated rings. The Morgan fingerprint density at radius 1 is 1.10 bits per heavy atom. The summed E-state index contributed by atoms with van der Waals surface area (Å²) in [5.41, 5.74) is 6.89. The van der Waals surface area contributed by atoms with E-state index in [1.807, 2.05) is 17.8 Å². The molecule has 2 aromatic carbocycles. The Kier molecular flexibility index (Phi) is 5.38. The molecule has 0 unspecified atom stereocenters. The minimum atomic E-state index is 0.117. The number of aryl methyl sites for hydroxylation is 2. The van der Waals surface area contributed by atoms with E-state index in [-0.39, 0.29) is 11.1 Å². The first-order valence-corrected chi connectivity index (χ1v) is 11.1. The summed E-state index contributed by atoms with van der Waals surface area (Å²) in [6.45, 7) is 15.3. The van der Waals surface area contributed by atoms with Crippen LogP contribution in [0.15, 0.2) is 48.1 Å². The third kappa shape index (κ3) is 4.64. The lowest BCUT2D eigenvalue weighted by molar-refractivity contribution is 0.160. The first kappa shape index (κ1) is 21.5. The van der Waals surface area contributed by atoms with Crippen molar-refractivity contribution in [2.75, 3.05) is 0 Å². The molecule has 0 aliphatic carbocycles. The van der Waals surface area contributed by atoms with Crippen molar-refractivity contribution >= 4 is 28.9 Å². The first-order valence-electron chi connectivity index (χ1n) is 11.1. The van der Waals surface area contributed by atoms with Gasteiger partial charge in [-0.25, -0.2) is 0 Å². The number of fused-ring (bicyclic) bond motifs is 1. The third-order valence-corrected chi connectivity index (χ3v) is 6.14. The van der Waals surface area contributed by atoms with Gasteiger partial charge in [-0.3, -0.25) is 9.67 Å². The van der Waals surface area contributed by atoms with Crippen LogP contribution in [0.3, 0.4) is 0 Å². The maximum atomic E-state index is 4.90. The number of nitrogens with zero attached hydrogens (tertiary/aromatic N) is 3. The second-order valence-electron chi connectivity index (χ2n) is 10.4. The molecule has 0 saturated carbocycles. The molecular weight excluding hydrogens is 380 g/mol. The average molecular weight is 415 g/mol. The molecule has 1 N–H and O–H groups in total. The van der Waals surface area contributed by atoms with Crippen LogP contribution in [0.1, 0.15) is 51.7 Å². The Hall–Kier alpha value is -2.72. The van der Waals surface area contributed by atoms with Gasteiger partial charge in [-0.15, -0.1) is 0 Å². The Bertz CT molecular complexity index is 1150. The van der Waals surface area contributed by atoms with E-state index in [1.165, 1.54) is 16.7 Å². The van der Waals surface area contributed by atoms with E-state index < -0.39 is 0 Å². The fraction of sp³-hybridized carbons (Fsp3) is 0.407. The van der Waals surface area contributed by atoms with Gasteiger partial charge in [0.15, 0.2) is 0 Å². The summed E-state index contributed by atoms with van der Waals surface area (Å²) in [6, 6.07) is 10.9. The van der Waals surface area contributed by atoms with Gasteiger partial charge in [0, 0.05) is 41.5 Å². The molecule has 1 saturated heterocycles. The molecule has 162 valence electrons. The van der Waals surface area contributed by atoms with E-state index >= 15 is 0 Å². The summed E-state index contributed by atoms with van der Waals surface area (Å²) in [4.78, 5) is 4.90. The van der Waals surface area contributed by atoms with Gasteiger partial charge in [-0.2, -0.15) is 5.10 Å². The van der Waals surface area contributed by atoms with Gasteiger partial charge in [-0.05, 0) is 94.3 Å². The van der Waals surface area contributed by atoms with Crippen LogP contribution < -0.4 is 5.32 Å².